The SMILES string of the molecule is CN(C)CCNC(CO)c1cc(F)cc(C(F)(F)F)c1. The maximum Gasteiger partial charge on any atom is 0.416 e. The number of nitrogens with zero attached hydrogens (tertiary/aromatic N) is 1. The lowest BCUT2D eigenvalue weighted by Crippen LogP contribution is -2.31. The third-order valence-electron chi connectivity index (χ3n) is 2.78. The van der Waals surface area contributed by atoms with E-state index >= 15 is 0 Å². The second-order valence-corrected chi connectivity index (χ2v) is 4.76. The summed E-state index contributed by atoms with van der Waals surface area (Å²) in [5.41, 5.74) is -0.973. The third kappa shape index (κ3) is 5.07. The van der Waals surface area contributed by atoms with Crippen molar-refractivity contribution in [2.45, 2.75) is 12.2 Å². The van der Waals surface area contributed by atoms with Crippen LogP contribution in [0.5, 0.6) is 0 Å². The van der Waals surface area contributed by atoms with E-state index in [1.165, 1.54) is 0 Å². The van der Waals surface area contributed by atoms with Gasteiger partial charge < -0.3 is 15.3 Å². The molecule has 0 fully saturated rings. The number of rotatable bonds is 6. The first-order chi connectivity index (χ1) is 9.24. The van der Waals surface area contributed by atoms with Gasteiger partial charge >= 0.3 is 6.18 Å². The van der Waals surface area contributed by atoms with Crippen LogP contribution < -0.4 is 5.32 Å². The first-order valence-electron chi connectivity index (χ1n) is 6.10. The Labute approximate surface area is 115 Å². The summed E-state index contributed by atoms with van der Waals surface area (Å²) in [4.78, 5) is 1.88. The number of aliphatic hydroxyl groups excluding tert-OH is 1. The van der Waals surface area contributed by atoms with Crippen molar-refractivity contribution in [3.8, 4) is 0 Å². The molecular weight excluding hydrogens is 276 g/mol. The average Bonchev–Trinajstić information content (AvgIpc) is 2.32. The lowest BCUT2D eigenvalue weighted by Gasteiger charge is -2.19. The van der Waals surface area contributed by atoms with Gasteiger partial charge in [0.25, 0.3) is 0 Å². The van der Waals surface area contributed by atoms with Crippen LogP contribution in [0.2, 0.25) is 0 Å². The van der Waals surface area contributed by atoms with Crippen LogP contribution in [0.4, 0.5) is 17.6 Å². The summed E-state index contributed by atoms with van der Waals surface area (Å²) in [7, 11) is 3.69. The van der Waals surface area contributed by atoms with E-state index < -0.39 is 30.2 Å². The van der Waals surface area contributed by atoms with E-state index in [9.17, 15) is 22.7 Å². The lowest BCUT2D eigenvalue weighted by atomic mass is 10.0. The molecule has 1 unspecified atom stereocenters. The van der Waals surface area contributed by atoms with Crippen molar-refractivity contribution in [2.75, 3.05) is 33.8 Å². The normalized spacial score (nSPS) is 13.8. The Morgan fingerprint density at radius 2 is 1.90 bits per heavy atom. The van der Waals surface area contributed by atoms with Crippen LogP contribution in [0.1, 0.15) is 17.2 Å². The Kier molecular flexibility index (Phi) is 5.91. The summed E-state index contributed by atoms with van der Waals surface area (Å²) in [5.74, 6) is -0.970. The highest BCUT2D eigenvalue weighted by Gasteiger charge is 2.32. The maximum absolute atomic E-state index is 13.3. The van der Waals surface area contributed by atoms with Gasteiger partial charge in [-0.15, -0.1) is 0 Å². The summed E-state index contributed by atoms with van der Waals surface area (Å²) in [5, 5.41) is 12.1. The number of likely N-dealkylation sites (N-methyl/N-ethyl adjacent to an activating group) is 1. The van der Waals surface area contributed by atoms with Crippen molar-refractivity contribution in [1.82, 2.24) is 10.2 Å². The van der Waals surface area contributed by atoms with Crippen LogP contribution >= 0.6 is 0 Å². The van der Waals surface area contributed by atoms with Gasteiger partial charge in [-0.3, -0.25) is 0 Å². The second-order valence-electron chi connectivity index (χ2n) is 4.76. The Balaban J connectivity index is 2.89. The molecule has 0 aliphatic rings. The van der Waals surface area contributed by atoms with Gasteiger partial charge in [0.05, 0.1) is 18.2 Å². The molecule has 0 aromatic heterocycles. The quantitative estimate of drug-likeness (QED) is 0.788. The molecular formula is C13H18F4N2O. The fourth-order valence-electron chi connectivity index (χ4n) is 1.73. The second kappa shape index (κ2) is 7.01. The smallest absolute Gasteiger partial charge is 0.394 e. The Morgan fingerprint density at radius 1 is 1.25 bits per heavy atom. The number of hydrogen-bond acceptors (Lipinski definition) is 3. The zero-order chi connectivity index (χ0) is 15.3. The zero-order valence-corrected chi connectivity index (χ0v) is 11.3. The van der Waals surface area contributed by atoms with E-state index in [0.29, 0.717) is 19.2 Å². The summed E-state index contributed by atoms with van der Waals surface area (Å²) in [6.45, 7) is 0.711. The molecule has 0 aliphatic heterocycles. The first kappa shape index (κ1) is 16.9. The van der Waals surface area contributed by atoms with E-state index in [-0.39, 0.29) is 5.56 Å². The highest BCUT2D eigenvalue weighted by molar-refractivity contribution is 5.29. The van der Waals surface area contributed by atoms with Gasteiger partial charge in [0.1, 0.15) is 5.82 Å². The number of benzene rings is 1. The molecule has 2 N–H and O–H groups in total. The van der Waals surface area contributed by atoms with E-state index in [4.69, 9.17) is 0 Å². The molecule has 0 saturated carbocycles. The van der Waals surface area contributed by atoms with E-state index in [1.807, 2.05) is 19.0 Å². The van der Waals surface area contributed by atoms with E-state index in [2.05, 4.69) is 5.32 Å². The van der Waals surface area contributed by atoms with Crippen LogP contribution in [0.25, 0.3) is 0 Å². The lowest BCUT2D eigenvalue weighted by molar-refractivity contribution is -0.137. The number of aliphatic hydroxyl groups is 1. The molecule has 0 bridgehead atoms. The van der Waals surface area contributed by atoms with Crippen LogP contribution in [-0.2, 0) is 6.18 Å². The molecule has 1 aromatic carbocycles. The highest BCUT2D eigenvalue weighted by Crippen LogP contribution is 2.31. The number of alkyl halides is 3. The van der Waals surface area contributed by atoms with Crippen LogP contribution in [0.3, 0.4) is 0 Å². The molecule has 114 valence electrons. The van der Waals surface area contributed by atoms with E-state index in [1.54, 1.807) is 0 Å². The number of halogens is 4. The molecule has 1 rings (SSSR count). The molecule has 0 saturated heterocycles. The Bertz CT molecular complexity index is 435. The summed E-state index contributed by atoms with van der Waals surface area (Å²) in [6.07, 6.45) is -4.61. The standard InChI is InChI=1S/C13H18F4N2O/c1-19(2)4-3-18-12(8-20)9-5-10(13(15,16)17)7-11(14)6-9/h5-7,12,18,20H,3-4,8H2,1-2H3. The van der Waals surface area contributed by atoms with Gasteiger partial charge in [-0.1, -0.05) is 0 Å². The minimum Gasteiger partial charge on any atom is -0.394 e. The highest BCUT2D eigenvalue weighted by atomic mass is 19.4. The van der Waals surface area contributed by atoms with Crippen molar-refractivity contribution < 1.29 is 22.7 Å². The van der Waals surface area contributed by atoms with Crippen LogP contribution in [0, 0.1) is 5.82 Å². The van der Waals surface area contributed by atoms with Crippen molar-refractivity contribution in [3.63, 3.8) is 0 Å². The molecule has 20 heavy (non-hydrogen) atoms. The molecule has 7 heteroatoms. The van der Waals surface area contributed by atoms with Crippen molar-refractivity contribution in [3.05, 3.63) is 35.1 Å². The zero-order valence-electron chi connectivity index (χ0n) is 11.3. The van der Waals surface area contributed by atoms with E-state index in [0.717, 1.165) is 12.1 Å². The molecule has 0 radical (unpaired) electrons. The van der Waals surface area contributed by atoms with Gasteiger partial charge in [-0.05, 0) is 37.9 Å². The fraction of sp³-hybridized carbons (Fsp3) is 0.538. The molecule has 0 aliphatic carbocycles. The van der Waals surface area contributed by atoms with Crippen LogP contribution in [-0.4, -0.2) is 43.8 Å². The Morgan fingerprint density at radius 3 is 2.40 bits per heavy atom. The summed E-state index contributed by atoms with van der Waals surface area (Å²) >= 11 is 0. The molecule has 0 spiro atoms. The Hall–Kier alpha value is -1.18. The molecule has 1 atom stereocenters. The van der Waals surface area contributed by atoms with Crippen LogP contribution in [0.15, 0.2) is 18.2 Å². The van der Waals surface area contributed by atoms with Gasteiger partial charge in [0.15, 0.2) is 0 Å². The predicted molar refractivity (Wildman–Crippen MR) is 67.8 cm³/mol. The van der Waals surface area contributed by atoms with Gasteiger partial charge in [-0.25, -0.2) is 4.39 Å². The minimum atomic E-state index is -4.61. The molecule has 3 nitrogen and oxygen atoms in total. The minimum absolute atomic E-state index is 0.0820. The molecule has 0 heterocycles. The topological polar surface area (TPSA) is 35.5 Å². The summed E-state index contributed by atoms with van der Waals surface area (Å²) in [6, 6.07) is 1.56. The predicted octanol–water partition coefficient (Wildman–Crippen LogP) is 2.03. The average molecular weight is 294 g/mol. The first-order valence-corrected chi connectivity index (χ1v) is 6.10. The fourth-order valence-corrected chi connectivity index (χ4v) is 1.73. The largest absolute Gasteiger partial charge is 0.416 e. The van der Waals surface area contributed by atoms with Gasteiger partial charge in [-0.2, -0.15) is 13.2 Å². The maximum atomic E-state index is 13.3. The van der Waals surface area contributed by atoms with Crippen molar-refractivity contribution in [1.29, 1.82) is 0 Å². The molecule has 1 aromatic rings. The number of hydrogen-bond donors (Lipinski definition) is 2. The third-order valence-corrected chi connectivity index (χ3v) is 2.78. The van der Waals surface area contributed by atoms with Crippen molar-refractivity contribution in [2.24, 2.45) is 0 Å². The summed E-state index contributed by atoms with van der Waals surface area (Å²) < 4.78 is 51.1. The van der Waals surface area contributed by atoms with Gasteiger partial charge in [0, 0.05) is 13.1 Å². The monoisotopic (exact) mass is 294 g/mol. The number of nitrogens with one attached hydrogen (secondary N) is 1. The molecule has 0 amide bonds. The van der Waals surface area contributed by atoms with Crippen molar-refractivity contribution >= 4 is 0 Å². The van der Waals surface area contributed by atoms with Gasteiger partial charge in [0.2, 0.25) is 0 Å².